The van der Waals surface area contributed by atoms with Crippen molar-refractivity contribution in [3.63, 3.8) is 0 Å². The second kappa shape index (κ2) is 8.64. The van der Waals surface area contributed by atoms with Crippen molar-refractivity contribution in [2.45, 2.75) is 44.6 Å². The summed E-state index contributed by atoms with van der Waals surface area (Å²) >= 11 is 0. The second-order valence-electron chi connectivity index (χ2n) is 7.15. The van der Waals surface area contributed by atoms with E-state index in [9.17, 15) is 18.0 Å². The summed E-state index contributed by atoms with van der Waals surface area (Å²) in [6.45, 7) is 4.51. The van der Waals surface area contributed by atoms with Crippen molar-refractivity contribution < 1.29 is 23.1 Å². The smallest absolute Gasteiger partial charge is 0.306 e. The number of carbonyl (C=O) groups excluding carboxylic acids is 1. The van der Waals surface area contributed by atoms with E-state index < -0.39 is 21.9 Å². The van der Waals surface area contributed by atoms with E-state index in [0.29, 0.717) is 25.8 Å². The minimum absolute atomic E-state index is 0.149. The van der Waals surface area contributed by atoms with Crippen molar-refractivity contribution in [2.24, 2.45) is 17.8 Å². The van der Waals surface area contributed by atoms with E-state index in [-0.39, 0.29) is 29.2 Å². The van der Waals surface area contributed by atoms with Gasteiger partial charge >= 0.3 is 5.97 Å². The van der Waals surface area contributed by atoms with E-state index in [1.807, 2.05) is 13.8 Å². The van der Waals surface area contributed by atoms with Crippen LogP contribution in [0.25, 0.3) is 0 Å². The average molecular weight is 382 g/mol. The van der Waals surface area contributed by atoms with Gasteiger partial charge in [0.25, 0.3) is 0 Å². The second-order valence-corrected chi connectivity index (χ2v) is 8.92. The quantitative estimate of drug-likeness (QED) is 0.634. The van der Waals surface area contributed by atoms with Gasteiger partial charge in [0.05, 0.1) is 10.8 Å². The molecule has 0 spiro atoms. The molecule has 144 valence electrons. The van der Waals surface area contributed by atoms with Gasteiger partial charge in [-0.05, 0) is 42.9 Å². The fourth-order valence-corrected chi connectivity index (χ4v) is 4.14. The molecule has 1 amide bonds. The molecule has 26 heavy (non-hydrogen) atoms. The summed E-state index contributed by atoms with van der Waals surface area (Å²) in [6.07, 6.45) is 1.49. The molecule has 0 unspecified atom stereocenters. The van der Waals surface area contributed by atoms with Gasteiger partial charge in [0.1, 0.15) is 0 Å². The number of amides is 1. The van der Waals surface area contributed by atoms with E-state index in [2.05, 4.69) is 10.0 Å². The number of carbonyl (C=O) groups is 2. The molecule has 7 nitrogen and oxygen atoms in total. The summed E-state index contributed by atoms with van der Waals surface area (Å²) in [4.78, 5) is 23.3. The van der Waals surface area contributed by atoms with Crippen molar-refractivity contribution in [1.82, 2.24) is 10.0 Å². The molecule has 1 aliphatic rings. The SMILES string of the molecule is CC(C)CNS(=O)(=O)c1ccc(CNC(=O)[C@@H]2CC[C@H](C(=O)O)C2)cc1. The Kier molecular flexibility index (Phi) is 6.77. The highest BCUT2D eigenvalue weighted by Crippen LogP contribution is 2.31. The van der Waals surface area contributed by atoms with Gasteiger partial charge < -0.3 is 10.4 Å². The Bertz CT molecular complexity index is 743. The number of rotatable bonds is 8. The van der Waals surface area contributed by atoms with Crippen LogP contribution in [0.1, 0.15) is 38.7 Å². The highest BCUT2D eigenvalue weighted by molar-refractivity contribution is 7.89. The van der Waals surface area contributed by atoms with Crippen molar-refractivity contribution >= 4 is 21.9 Å². The van der Waals surface area contributed by atoms with Gasteiger partial charge in [-0.15, -0.1) is 0 Å². The van der Waals surface area contributed by atoms with Gasteiger partial charge in [0.15, 0.2) is 0 Å². The van der Waals surface area contributed by atoms with Crippen molar-refractivity contribution in [3.05, 3.63) is 29.8 Å². The number of hydrogen-bond donors (Lipinski definition) is 3. The third kappa shape index (κ3) is 5.54. The first-order chi connectivity index (χ1) is 12.2. The number of benzene rings is 1. The molecule has 1 aliphatic carbocycles. The Morgan fingerprint density at radius 3 is 2.31 bits per heavy atom. The summed E-state index contributed by atoms with van der Waals surface area (Å²) in [6, 6.07) is 6.36. The van der Waals surface area contributed by atoms with Crippen LogP contribution in [0.5, 0.6) is 0 Å². The molecule has 2 atom stereocenters. The molecule has 0 bridgehead atoms. The lowest BCUT2D eigenvalue weighted by Gasteiger charge is -2.12. The van der Waals surface area contributed by atoms with Gasteiger partial charge in [-0.25, -0.2) is 13.1 Å². The van der Waals surface area contributed by atoms with Crippen LogP contribution in [-0.4, -0.2) is 31.9 Å². The number of sulfonamides is 1. The van der Waals surface area contributed by atoms with Gasteiger partial charge in [0, 0.05) is 19.0 Å². The predicted octanol–water partition coefficient (Wildman–Crippen LogP) is 1.74. The van der Waals surface area contributed by atoms with E-state index in [1.165, 1.54) is 12.1 Å². The molecule has 1 saturated carbocycles. The zero-order valence-electron chi connectivity index (χ0n) is 15.1. The molecule has 0 heterocycles. The van der Waals surface area contributed by atoms with Crippen molar-refractivity contribution in [1.29, 1.82) is 0 Å². The average Bonchev–Trinajstić information content (AvgIpc) is 3.09. The van der Waals surface area contributed by atoms with Gasteiger partial charge in [-0.2, -0.15) is 0 Å². The molecule has 3 N–H and O–H groups in total. The highest BCUT2D eigenvalue weighted by atomic mass is 32.2. The predicted molar refractivity (Wildman–Crippen MR) is 96.8 cm³/mol. The van der Waals surface area contributed by atoms with Crippen LogP contribution in [0.4, 0.5) is 0 Å². The molecule has 0 aliphatic heterocycles. The molecule has 8 heteroatoms. The number of hydrogen-bond acceptors (Lipinski definition) is 4. The molecular formula is C18H26N2O5S. The van der Waals surface area contributed by atoms with Crippen LogP contribution < -0.4 is 10.0 Å². The van der Waals surface area contributed by atoms with Crippen LogP contribution in [0.2, 0.25) is 0 Å². The molecule has 1 aromatic rings. The van der Waals surface area contributed by atoms with E-state index in [1.54, 1.807) is 12.1 Å². The minimum atomic E-state index is -3.52. The summed E-state index contributed by atoms with van der Waals surface area (Å²) in [5, 5.41) is 11.8. The third-order valence-electron chi connectivity index (χ3n) is 4.53. The largest absolute Gasteiger partial charge is 0.481 e. The lowest BCUT2D eigenvalue weighted by Crippen LogP contribution is -2.29. The minimum Gasteiger partial charge on any atom is -0.481 e. The summed E-state index contributed by atoms with van der Waals surface area (Å²) in [5.41, 5.74) is 0.786. The number of carboxylic acid groups (broad SMARTS) is 1. The monoisotopic (exact) mass is 382 g/mol. The van der Waals surface area contributed by atoms with E-state index in [0.717, 1.165) is 5.56 Å². The molecule has 1 fully saturated rings. The third-order valence-corrected chi connectivity index (χ3v) is 5.97. The Labute approximate surface area is 154 Å². The Hall–Kier alpha value is -1.93. The molecule has 1 aromatic carbocycles. The molecular weight excluding hydrogens is 356 g/mol. The maximum Gasteiger partial charge on any atom is 0.306 e. The van der Waals surface area contributed by atoms with Gasteiger partial charge in [-0.1, -0.05) is 26.0 Å². The van der Waals surface area contributed by atoms with E-state index in [4.69, 9.17) is 5.11 Å². The number of carboxylic acids is 1. The lowest BCUT2D eigenvalue weighted by atomic mass is 10.0. The lowest BCUT2D eigenvalue weighted by molar-refractivity contribution is -0.141. The van der Waals surface area contributed by atoms with Crippen molar-refractivity contribution in [3.8, 4) is 0 Å². The fraction of sp³-hybridized carbons (Fsp3) is 0.556. The van der Waals surface area contributed by atoms with Crippen molar-refractivity contribution in [2.75, 3.05) is 6.54 Å². The first kappa shape index (κ1) is 20.4. The zero-order chi connectivity index (χ0) is 19.3. The van der Waals surface area contributed by atoms with Crippen LogP contribution >= 0.6 is 0 Å². The first-order valence-electron chi connectivity index (χ1n) is 8.78. The Morgan fingerprint density at radius 2 is 1.77 bits per heavy atom. The zero-order valence-corrected chi connectivity index (χ0v) is 15.9. The van der Waals surface area contributed by atoms with Crippen LogP contribution in [0.3, 0.4) is 0 Å². The normalized spacial score (nSPS) is 20.3. The fourth-order valence-electron chi connectivity index (χ4n) is 2.92. The number of aliphatic carboxylic acids is 1. The highest BCUT2D eigenvalue weighted by Gasteiger charge is 2.33. The van der Waals surface area contributed by atoms with Gasteiger partial charge in [-0.3, -0.25) is 9.59 Å². The van der Waals surface area contributed by atoms with Gasteiger partial charge in [0.2, 0.25) is 15.9 Å². The van der Waals surface area contributed by atoms with Crippen LogP contribution in [0, 0.1) is 17.8 Å². The topological polar surface area (TPSA) is 113 Å². The molecule has 0 saturated heterocycles. The number of nitrogens with one attached hydrogen (secondary N) is 2. The maximum absolute atomic E-state index is 12.2. The Balaban J connectivity index is 1.87. The summed E-state index contributed by atoms with van der Waals surface area (Å²) in [5.74, 6) is -1.48. The van der Waals surface area contributed by atoms with Crippen LogP contribution in [-0.2, 0) is 26.2 Å². The Morgan fingerprint density at radius 1 is 1.15 bits per heavy atom. The van der Waals surface area contributed by atoms with E-state index >= 15 is 0 Å². The molecule has 2 rings (SSSR count). The van der Waals surface area contributed by atoms with Crippen LogP contribution in [0.15, 0.2) is 29.2 Å². The standard InChI is InChI=1S/C18H26N2O5S/c1-12(2)10-20-26(24,25)16-7-3-13(4-8-16)11-19-17(21)14-5-6-15(9-14)18(22)23/h3-4,7-8,12,14-15,20H,5-6,9-11H2,1-2H3,(H,19,21)(H,22,23)/t14-,15+/m1/s1. The summed E-state index contributed by atoms with van der Waals surface area (Å²) < 4.78 is 26.8. The molecule has 0 aromatic heterocycles. The first-order valence-corrected chi connectivity index (χ1v) is 10.3. The molecule has 0 radical (unpaired) electrons. The maximum atomic E-state index is 12.2. The summed E-state index contributed by atoms with van der Waals surface area (Å²) in [7, 11) is -3.52.